The van der Waals surface area contributed by atoms with Crippen molar-refractivity contribution in [3.8, 4) is 0 Å². The summed E-state index contributed by atoms with van der Waals surface area (Å²) in [5, 5.41) is 3.43. The highest BCUT2D eigenvalue weighted by molar-refractivity contribution is 6.02. The van der Waals surface area contributed by atoms with Crippen molar-refractivity contribution in [2.45, 2.75) is 32.0 Å². The minimum Gasteiger partial charge on any atom is -0.328 e. The molecular formula is C20H19F3N6O2. The molecular weight excluding hydrogens is 413 g/mol. The molecule has 0 N–H and O–H groups in total. The zero-order valence-electron chi connectivity index (χ0n) is 16.8. The van der Waals surface area contributed by atoms with Gasteiger partial charge >= 0.3 is 6.18 Å². The predicted octanol–water partition coefficient (Wildman–Crippen LogP) is 2.72. The number of hydrogen-bond acceptors (Lipinski definition) is 5. The van der Waals surface area contributed by atoms with Crippen LogP contribution in [0.15, 0.2) is 36.4 Å². The number of piperidine rings is 1. The van der Waals surface area contributed by atoms with Gasteiger partial charge in [-0.1, -0.05) is 18.2 Å². The second-order valence-electron chi connectivity index (χ2n) is 7.33. The van der Waals surface area contributed by atoms with Crippen molar-refractivity contribution >= 4 is 23.3 Å². The Labute approximate surface area is 175 Å². The van der Waals surface area contributed by atoms with E-state index in [1.54, 1.807) is 11.8 Å². The first-order valence-corrected chi connectivity index (χ1v) is 9.62. The SMILES string of the molecule is Cc1cc(C(=O)N(C)[C@H]2CCCN(c3ccccc3)C2=O)n2nc(C(F)(F)F)nc2n1. The Bertz CT molecular complexity index is 1150. The number of alkyl halides is 3. The van der Waals surface area contributed by atoms with Gasteiger partial charge in [-0.05, 0) is 38.0 Å². The molecule has 0 spiro atoms. The molecule has 31 heavy (non-hydrogen) atoms. The second-order valence-corrected chi connectivity index (χ2v) is 7.33. The molecule has 3 aromatic rings. The summed E-state index contributed by atoms with van der Waals surface area (Å²) in [6, 6.07) is 9.69. The molecule has 162 valence electrons. The first-order valence-electron chi connectivity index (χ1n) is 9.62. The molecule has 2 amide bonds. The molecule has 8 nitrogen and oxygen atoms in total. The van der Waals surface area contributed by atoms with E-state index >= 15 is 0 Å². The van der Waals surface area contributed by atoms with Crippen LogP contribution in [-0.2, 0) is 11.0 Å². The van der Waals surface area contributed by atoms with E-state index in [0.29, 0.717) is 25.1 Å². The fraction of sp³-hybridized carbons (Fsp3) is 0.350. The molecule has 1 aliphatic heterocycles. The summed E-state index contributed by atoms with van der Waals surface area (Å²) in [7, 11) is 1.46. The lowest BCUT2D eigenvalue weighted by Crippen LogP contribution is -2.53. The zero-order chi connectivity index (χ0) is 22.3. The molecule has 0 radical (unpaired) electrons. The molecule has 0 unspecified atom stereocenters. The molecule has 0 saturated carbocycles. The van der Waals surface area contributed by atoms with Gasteiger partial charge in [-0.25, -0.2) is 4.98 Å². The van der Waals surface area contributed by atoms with E-state index in [2.05, 4.69) is 15.1 Å². The number of carbonyl (C=O) groups excluding carboxylic acids is 2. The third kappa shape index (κ3) is 3.82. The lowest BCUT2D eigenvalue weighted by molar-refractivity contribution is -0.144. The molecule has 4 rings (SSSR count). The maximum absolute atomic E-state index is 13.2. The van der Waals surface area contributed by atoms with Gasteiger partial charge in [0.1, 0.15) is 11.7 Å². The van der Waals surface area contributed by atoms with Gasteiger partial charge in [-0.15, -0.1) is 5.10 Å². The van der Waals surface area contributed by atoms with E-state index in [4.69, 9.17) is 0 Å². The van der Waals surface area contributed by atoms with Crippen molar-refractivity contribution in [3.05, 3.63) is 53.6 Å². The van der Waals surface area contributed by atoms with Crippen LogP contribution in [0.3, 0.4) is 0 Å². The van der Waals surface area contributed by atoms with Crippen molar-refractivity contribution in [3.63, 3.8) is 0 Å². The average Bonchev–Trinajstić information content (AvgIpc) is 3.17. The average molecular weight is 432 g/mol. The summed E-state index contributed by atoms with van der Waals surface area (Å²) in [6.07, 6.45) is -3.65. The number of para-hydroxylation sites is 1. The van der Waals surface area contributed by atoms with Gasteiger partial charge in [0, 0.05) is 25.0 Å². The number of rotatable bonds is 3. The number of aryl methyl sites for hydroxylation is 1. The third-order valence-electron chi connectivity index (χ3n) is 5.18. The summed E-state index contributed by atoms with van der Waals surface area (Å²) in [4.78, 5) is 36.5. The number of amides is 2. The normalized spacial score (nSPS) is 17.3. The summed E-state index contributed by atoms with van der Waals surface area (Å²) in [5.74, 6) is -2.59. The second kappa shape index (κ2) is 7.64. The summed E-state index contributed by atoms with van der Waals surface area (Å²) >= 11 is 0. The number of hydrogen-bond donors (Lipinski definition) is 0. The van der Waals surface area contributed by atoms with Gasteiger partial charge in [0.2, 0.25) is 5.91 Å². The van der Waals surface area contributed by atoms with Crippen LogP contribution >= 0.6 is 0 Å². The molecule has 0 bridgehead atoms. The fourth-order valence-corrected chi connectivity index (χ4v) is 3.66. The van der Waals surface area contributed by atoms with E-state index < -0.39 is 23.9 Å². The third-order valence-corrected chi connectivity index (χ3v) is 5.18. The highest BCUT2D eigenvalue weighted by Gasteiger charge is 2.38. The van der Waals surface area contributed by atoms with E-state index in [9.17, 15) is 22.8 Å². The maximum Gasteiger partial charge on any atom is 0.453 e. The molecule has 2 aromatic heterocycles. The number of carbonyl (C=O) groups is 2. The Morgan fingerprint density at radius 3 is 2.58 bits per heavy atom. The number of anilines is 1. The molecule has 0 aliphatic carbocycles. The van der Waals surface area contributed by atoms with Gasteiger partial charge < -0.3 is 9.80 Å². The van der Waals surface area contributed by atoms with E-state index in [-0.39, 0.29) is 17.4 Å². The Balaban J connectivity index is 1.67. The summed E-state index contributed by atoms with van der Waals surface area (Å²) in [5.41, 5.74) is 0.898. The number of likely N-dealkylation sites (N-methyl/N-ethyl adjacent to an activating group) is 1. The number of fused-ring (bicyclic) bond motifs is 1. The van der Waals surface area contributed by atoms with E-state index in [1.165, 1.54) is 18.0 Å². The van der Waals surface area contributed by atoms with Crippen molar-refractivity contribution in [1.82, 2.24) is 24.5 Å². The topological polar surface area (TPSA) is 83.7 Å². The van der Waals surface area contributed by atoms with Crippen LogP contribution < -0.4 is 4.90 Å². The van der Waals surface area contributed by atoms with Crippen LogP contribution in [0.2, 0.25) is 0 Å². The van der Waals surface area contributed by atoms with Crippen LogP contribution in [0.5, 0.6) is 0 Å². The molecule has 1 atom stereocenters. The number of nitrogens with zero attached hydrogens (tertiary/aromatic N) is 6. The Morgan fingerprint density at radius 2 is 1.90 bits per heavy atom. The van der Waals surface area contributed by atoms with Crippen LogP contribution in [0.25, 0.3) is 5.78 Å². The van der Waals surface area contributed by atoms with Gasteiger partial charge in [-0.2, -0.15) is 22.7 Å². The van der Waals surface area contributed by atoms with E-state index in [0.717, 1.165) is 10.2 Å². The summed E-state index contributed by atoms with van der Waals surface area (Å²) in [6.45, 7) is 2.07. The first kappa shape index (κ1) is 20.8. The Hall–Kier alpha value is -3.50. The molecule has 1 aromatic carbocycles. The lowest BCUT2D eigenvalue weighted by atomic mass is 10.0. The van der Waals surface area contributed by atoms with Crippen LogP contribution in [0.4, 0.5) is 18.9 Å². The standard InChI is InChI=1S/C20H19F3N6O2/c1-12-11-15(29-19(24-12)25-18(26-29)20(21,22)23)16(30)27(2)14-9-6-10-28(17(14)31)13-7-4-3-5-8-13/h3-5,7-8,11,14H,6,9-10H2,1-2H3/t14-/m0/s1. The Morgan fingerprint density at radius 1 is 1.19 bits per heavy atom. The largest absolute Gasteiger partial charge is 0.453 e. The molecule has 1 fully saturated rings. The van der Waals surface area contributed by atoms with Crippen LogP contribution in [0, 0.1) is 6.92 Å². The van der Waals surface area contributed by atoms with Crippen molar-refractivity contribution in [2.75, 3.05) is 18.5 Å². The minimum absolute atomic E-state index is 0.141. The number of benzene rings is 1. The van der Waals surface area contributed by atoms with Crippen molar-refractivity contribution in [2.24, 2.45) is 0 Å². The van der Waals surface area contributed by atoms with Gasteiger partial charge in [-0.3, -0.25) is 9.59 Å². The molecule has 1 saturated heterocycles. The number of aromatic nitrogens is 4. The minimum atomic E-state index is -4.77. The fourth-order valence-electron chi connectivity index (χ4n) is 3.66. The maximum atomic E-state index is 13.2. The summed E-state index contributed by atoms with van der Waals surface area (Å²) < 4.78 is 39.9. The zero-order valence-corrected chi connectivity index (χ0v) is 16.8. The van der Waals surface area contributed by atoms with Crippen LogP contribution in [0.1, 0.15) is 34.8 Å². The van der Waals surface area contributed by atoms with Gasteiger partial charge in [0.25, 0.3) is 17.5 Å². The molecule has 11 heteroatoms. The van der Waals surface area contributed by atoms with Gasteiger partial charge in [0.15, 0.2) is 0 Å². The van der Waals surface area contributed by atoms with Crippen LogP contribution in [-0.4, -0.2) is 55.9 Å². The van der Waals surface area contributed by atoms with Gasteiger partial charge in [0.05, 0.1) is 0 Å². The van der Waals surface area contributed by atoms with E-state index in [1.807, 2.05) is 30.3 Å². The quantitative estimate of drug-likeness (QED) is 0.636. The first-order chi connectivity index (χ1) is 14.7. The monoisotopic (exact) mass is 432 g/mol. The lowest BCUT2D eigenvalue weighted by Gasteiger charge is -2.36. The Kier molecular flexibility index (Phi) is 5.11. The highest BCUT2D eigenvalue weighted by Crippen LogP contribution is 2.27. The number of halogens is 3. The smallest absolute Gasteiger partial charge is 0.328 e. The predicted molar refractivity (Wildman–Crippen MR) is 104 cm³/mol. The molecule has 3 heterocycles. The van der Waals surface area contributed by atoms with Crippen molar-refractivity contribution in [1.29, 1.82) is 0 Å². The molecule has 1 aliphatic rings. The highest BCUT2D eigenvalue weighted by atomic mass is 19.4. The van der Waals surface area contributed by atoms with Crippen molar-refractivity contribution < 1.29 is 22.8 Å².